The van der Waals surface area contributed by atoms with E-state index in [0.717, 1.165) is 12.0 Å². The van der Waals surface area contributed by atoms with Crippen LogP contribution in [0.2, 0.25) is 0 Å². The fraction of sp³-hybridized carbons (Fsp3) is 0.462. The number of pyridine rings is 1. The molecule has 2 rings (SSSR count). The first-order valence-electron chi connectivity index (χ1n) is 6.26. The van der Waals surface area contributed by atoms with Crippen LogP contribution in [-0.2, 0) is 16.0 Å². The highest BCUT2D eigenvalue weighted by atomic mass is 16.3. The maximum Gasteiger partial charge on any atom is 0.252 e. The van der Waals surface area contributed by atoms with Crippen molar-refractivity contribution < 1.29 is 14.7 Å². The quantitative estimate of drug-likeness (QED) is 0.762. The Morgan fingerprint density at radius 1 is 1.58 bits per heavy atom. The van der Waals surface area contributed by atoms with Crippen LogP contribution >= 0.6 is 0 Å². The molecule has 2 unspecified atom stereocenters. The summed E-state index contributed by atoms with van der Waals surface area (Å²) in [5.41, 5.74) is 6.03. The van der Waals surface area contributed by atoms with Crippen molar-refractivity contribution in [2.75, 3.05) is 6.54 Å². The molecule has 0 aliphatic carbocycles. The molecular weight excluding hydrogens is 246 g/mol. The summed E-state index contributed by atoms with van der Waals surface area (Å²) in [5.74, 6) is -0.954. The first-order chi connectivity index (χ1) is 9.09. The number of carbonyl (C=O) groups excluding carboxylic acids is 2. The van der Waals surface area contributed by atoms with Crippen LogP contribution in [0.3, 0.4) is 0 Å². The minimum absolute atomic E-state index is 0.189. The lowest BCUT2D eigenvalue weighted by atomic mass is 10.1. The lowest BCUT2D eigenvalue weighted by Gasteiger charge is -2.24. The van der Waals surface area contributed by atoms with E-state index in [-0.39, 0.29) is 6.42 Å². The van der Waals surface area contributed by atoms with E-state index in [0.29, 0.717) is 13.0 Å². The number of nitrogens with zero attached hydrogens (tertiary/aromatic N) is 2. The Hall–Kier alpha value is -1.95. The first-order valence-corrected chi connectivity index (χ1v) is 6.26. The van der Waals surface area contributed by atoms with Crippen molar-refractivity contribution in [1.82, 2.24) is 9.88 Å². The average molecular weight is 263 g/mol. The molecule has 0 aromatic carbocycles. The van der Waals surface area contributed by atoms with Gasteiger partial charge < -0.3 is 15.7 Å². The molecule has 1 fully saturated rings. The molecular formula is C13H17N3O3. The molecule has 0 spiro atoms. The van der Waals surface area contributed by atoms with Crippen molar-refractivity contribution >= 4 is 11.8 Å². The smallest absolute Gasteiger partial charge is 0.252 e. The Balaban J connectivity index is 2.01. The van der Waals surface area contributed by atoms with Gasteiger partial charge in [-0.25, -0.2) is 0 Å². The average Bonchev–Trinajstić information content (AvgIpc) is 2.88. The molecule has 2 heterocycles. The first kappa shape index (κ1) is 13.5. The van der Waals surface area contributed by atoms with Gasteiger partial charge in [-0.2, -0.15) is 0 Å². The Labute approximate surface area is 111 Å². The standard InChI is InChI=1S/C13H17N3O3/c14-12(18)10-4-2-6-16(10)13(19)11(17)7-9-3-1-5-15-8-9/h1,3,5,8,10-11,17H,2,4,6-7H2,(H2,14,18). The van der Waals surface area contributed by atoms with Gasteiger partial charge in [0.15, 0.2) is 0 Å². The molecule has 1 saturated heterocycles. The highest BCUT2D eigenvalue weighted by Gasteiger charge is 2.35. The van der Waals surface area contributed by atoms with Gasteiger partial charge in [0.1, 0.15) is 12.1 Å². The van der Waals surface area contributed by atoms with Crippen LogP contribution in [-0.4, -0.2) is 45.5 Å². The Morgan fingerprint density at radius 2 is 2.37 bits per heavy atom. The number of hydrogen-bond donors (Lipinski definition) is 2. The third-order valence-corrected chi connectivity index (χ3v) is 3.30. The normalized spacial score (nSPS) is 20.3. The molecule has 6 heteroatoms. The van der Waals surface area contributed by atoms with Gasteiger partial charge in [-0.3, -0.25) is 14.6 Å². The van der Waals surface area contributed by atoms with E-state index < -0.39 is 24.0 Å². The third kappa shape index (κ3) is 3.08. The van der Waals surface area contributed by atoms with Gasteiger partial charge in [0.05, 0.1) is 0 Å². The van der Waals surface area contributed by atoms with Gasteiger partial charge in [0, 0.05) is 25.4 Å². The molecule has 3 N–H and O–H groups in total. The summed E-state index contributed by atoms with van der Waals surface area (Å²) in [4.78, 5) is 28.7. The van der Waals surface area contributed by atoms with Gasteiger partial charge >= 0.3 is 0 Å². The topological polar surface area (TPSA) is 96.5 Å². The minimum Gasteiger partial charge on any atom is -0.383 e. The molecule has 1 aromatic heterocycles. The van der Waals surface area contributed by atoms with Crippen LogP contribution in [0.25, 0.3) is 0 Å². The van der Waals surface area contributed by atoms with E-state index in [9.17, 15) is 14.7 Å². The summed E-state index contributed by atoms with van der Waals surface area (Å²) in [6, 6.07) is 2.95. The Morgan fingerprint density at radius 3 is 3.00 bits per heavy atom. The highest BCUT2D eigenvalue weighted by molar-refractivity contribution is 5.89. The zero-order valence-electron chi connectivity index (χ0n) is 10.5. The SMILES string of the molecule is NC(=O)C1CCCN1C(=O)C(O)Cc1cccnc1. The minimum atomic E-state index is -1.16. The summed E-state index contributed by atoms with van der Waals surface area (Å²) in [6.07, 6.45) is 3.56. The number of rotatable bonds is 4. The molecule has 2 atom stereocenters. The lowest BCUT2D eigenvalue weighted by Crippen LogP contribution is -2.48. The van der Waals surface area contributed by atoms with Crippen LogP contribution < -0.4 is 5.73 Å². The molecule has 0 radical (unpaired) electrons. The fourth-order valence-electron chi connectivity index (χ4n) is 2.35. The fourth-order valence-corrected chi connectivity index (χ4v) is 2.35. The van der Waals surface area contributed by atoms with E-state index in [4.69, 9.17) is 5.73 Å². The van der Waals surface area contributed by atoms with Crippen molar-refractivity contribution in [1.29, 1.82) is 0 Å². The summed E-state index contributed by atoms with van der Waals surface area (Å²) >= 11 is 0. The number of likely N-dealkylation sites (tertiary alicyclic amines) is 1. The lowest BCUT2D eigenvalue weighted by molar-refractivity contribution is -0.144. The second-order valence-corrected chi connectivity index (χ2v) is 4.67. The number of primary amides is 1. The van der Waals surface area contributed by atoms with Crippen molar-refractivity contribution in [3.05, 3.63) is 30.1 Å². The van der Waals surface area contributed by atoms with E-state index in [1.54, 1.807) is 24.5 Å². The van der Waals surface area contributed by atoms with Crippen LogP contribution in [0.1, 0.15) is 18.4 Å². The molecule has 102 valence electrons. The predicted octanol–water partition coefficient (Wildman–Crippen LogP) is -0.539. The van der Waals surface area contributed by atoms with E-state index in [1.807, 2.05) is 0 Å². The van der Waals surface area contributed by atoms with Crippen molar-refractivity contribution in [2.24, 2.45) is 5.73 Å². The number of aliphatic hydroxyl groups is 1. The highest BCUT2D eigenvalue weighted by Crippen LogP contribution is 2.18. The molecule has 1 aromatic rings. The number of aliphatic hydroxyl groups excluding tert-OH is 1. The van der Waals surface area contributed by atoms with E-state index in [2.05, 4.69) is 4.98 Å². The van der Waals surface area contributed by atoms with Crippen LogP contribution in [0.4, 0.5) is 0 Å². The van der Waals surface area contributed by atoms with Gasteiger partial charge in [-0.1, -0.05) is 6.07 Å². The van der Waals surface area contributed by atoms with Gasteiger partial charge in [0.2, 0.25) is 5.91 Å². The van der Waals surface area contributed by atoms with Crippen LogP contribution in [0, 0.1) is 0 Å². The number of aromatic nitrogens is 1. The van der Waals surface area contributed by atoms with Gasteiger partial charge in [0.25, 0.3) is 5.91 Å². The molecule has 2 amide bonds. The van der Waals surface area contributed by atoms with Crippen molar-refractivity contribution in [3.8, 4) is 0 Å². The maximum atomic E-state index is 12.1. The largest absolute Gasteiger partial charge is 0.383 e. The van der Waals surface area contributed by atoms with Gasteiger partial charge in [-0.15, -0.1) is 0 Å². The van der Waals surface area contributed by atoms with Crippen molar-refractivity contribution in [2.45, 2.75) is 31.4 Å². The number of carbonyl (C=O) groups is 2. The molecule has 19 heavy (non-hydrogen) atoms. The molecule has 1 aliphatic rings. The summed E-state index contributed by atoms with van der Waals surface area (Å²) < 4.78 is 0. The predicted molar refractivity (Wildman–Crippen MR) is 67.9 cm³/mol. The zero-order chi connectivity index (χ0) is 13.8. The van der Waals surface area contributed by atoms with Crippen LogP contribution in [0.5, 0.6) is 0 Å². The van der Waals surface area contributed by atoms with Crippen LogP contribution in [0.15, 0.2) is 24.5 Å². The summed E-state index contributed by atoms with van der Waals surface area (Å²) in [6.45, 7) is 0.469. The number of amides is 2. The Bertz CT molecular complexity index is 463. The number of hydrogen-bond acceptors (Lipinski definition) is 4. The molecule has 0 bridgehead atoms. The third-order valence-electron chi connectivity index (χ3n) is 3.30. The maximum absolute atomic E-state index is 12.1. The van der Waals surface area contributed by atoms with Gasteiger partial charge in [-0.05, 0) is 24.5 Å². The summed E-state index contributed by atoms with van der Waals surface area (Å²) in [5, 5.41) is 9.96. The molecule has 0 saturated carbocycles. The Kier molecular flexibility index (Phi) is 4.11. The second-order valence-electron chi connectivity index (χ2n) is 4.67. The monoisotopic (exact) mass is 263 g/mol. The molecule has 6 nitrogen and oxygen atoms in total. The summed E-state index contributed by atoms with van der Waals surface area (Å²) in [7, 11) is 0. The van der Waals surface area contributed by atoms with E-state index >= 15 is 0 Å². The number of nitrogens with two attached hydrogens (primary N) is 1. The van der Waals surface area contributed by atoms with Crippen molar-refractivity contribution in [3.63, 3.8) is 0 Å². The van der Waals surface area contributed by atoms with E-state index in [1.165, 1.54) is 4.90 Å². The zero-order valence-corrected chi connectivity index (χ0v) is 10.5. The molecule has 1 aliphatic heterocycles. The second kappa shape index (κ2) is 5.79.